The third kappa shape index (κ3) is 2.81. The van der Waals surface area contributed by atoms with Crippen LogP contribution in [0, 0.1) is 0 Å². The van der Waals surface area contributed by atoms with Crippen LogP contribution in [0.3, 0.4) is 0 Å². The van der Waals surface area contributed by atoms with Gasteiger partial charge in [0, 0.05) is 5.56 Å². The number of hydrogen-bond donors (Lipinski definition) is 4. The van der Waals surface area contributed by atoms with Crippen molar-refractivity contribution in [2.24, 2.45) is 5.90 Å². The molecular formula is C14H13NO5. The molecule has 2 rings (SSSR count). The van der Waals surface area contributed by atoms with Crippen molar-refractivity contribution in [2.45, 2.75) is 6.42 Å². The molecule has 0 spiro atoms. The van der Waals surface area contributed by atoms with Crippen LogP contribution in [0.1, 0.15) is 12.0 Å². The third-order valence-electron chi connectivity index (χ3n) is 2.83. The van der Waals surface area contributed by atoms with Gasteiger partial charge in [-0.15, -0.1) is 0 Å². The highest BCUT2D eigenvalue weighted by atomic mass is 16.6. The minimum atomic E-state index is -1.16. The van der Waals surface area contributed by atoms with E-state index in [0.29, 0.717) is 17.6 Å². The molecule has 1 aliphatic rings. The van der Waals surface area contributed by atoms with Crippen molar-refractivity contribution < 1.29 is 25.0 Å². The molecule has 0 heterocycles. The smallest absolute Gasteiger partial charge is 0.339 e. The van der Waals surface area contributed by atoms with Gasteiger partial charge in [-0.2, -0.15) is 5.90 Å². The highest BCUT2D eigenvalue weighted by Gasteiger charge is 2.19. The maximum Gasteiger partial charge on any atom is 0.339 e. The van der Waals surface area contributed by atoms with Crippen LogP contribution in [0.25, 0.3) is 6.08 Å². The van der Waals surface area contributed by atoms with E-state index in [1.165, 1.54) is 30.4 Å². The fraction of sp³-hybridized carbons (Fsp3) is 0.0714. The lowest BCUT2D eigenvalue weighted by molar-refractivity contribution is -0.132. The molecule has 0 aliphatic heterocycles. The van der Waals surface area contributed by atoms with Gasteiger partial charge in [-0.3, -0.25) is 0 Å². The molecule has 0 bridgehead atoms. The summed E-state index contributed by atoms with van der Waals surface area (Å²) in [5.41, 5.74) is 0.972. The molecule has 0 unspecified atom stereocenters. The predicted molar refractivity (Wildman–Crippen MR) is 71.4 cm³/mol. The summed E-state index contributed by atoms with van der Waals surface area (Å²) in [5.74, 6) is 3.94. The van der Waals surface area contributed by atoms with E-state index in [0.717, 1.165) is 0 Å². The lowest BCUT2D eigenvalue weighted by Crippen LogP contribution is -2.12. The summed E-state index contributed by atoms with van der Waals surface area (Å²) in [6, 6.07) is 4.10. The van der Waals surface area contributed by atoms with Gasteiger partial charge in [-0.1, -0.05) is 0 Å². The normalized spacial score (nSPS) is 16.6. The van der Waals surface area contributed by atoms with E-state index >= 15 is 0 Å². The van der Waals surface area contributed by atoms with Crippen molar-refractivity contribution in [3.8, 4) is 11.5 Å². The van der Waals surface area contributed by atoms with E-state index in [-0.39, 0.29) is 22.8 Å². The van der Waals surface area contributed by atoms with E-state index in [1.807, 2.05) is 0 Å². The first-order valence-corrected chi connectivity index (χ1v) is 5.76. The molecule has 1 aromatic carbocycles. The highest BCUT2D eigenvalue weighted by molar-refractivity contribution is 5.92. The molecule has 6 heteroatoms. The Balaban J connectivity index is 2.39. The van der Waals surface area contributed by atoms with Crippen LogP contribution in [0.2, 0.25) is 0 Å². The molecule has 104 valence electrons. The van der Waals surface area contributed by atoms with E-state index in [4.69, 9.17) is 11.0 Å². The maximum absolute atomic E-state index is 11.1. The summed E-state index contributed by atoms with van der Waals surface area (Å²) in [5, 5.41) is 28.1. The fourth-order valence-corrected chi connectivity index (χ4v) is 1.87. The molecule has 0 saturated carbocycles. The van der Waals surface area contributed by atoms with Crippen molar-refractivity contribution in [3.63, 3.8) is 0 Å². The van der Waals surface area contributed by atoms with Crippen LogP contribution in [0.5, 0.6) is 11.5 Å². The monoisotopic (exact) mass is 275 g/mol. The van der Waals surface area contributed by atoms with Crippen LogP contribution in [-0.2, 0) is 9.63 Å². The van der Waals surface area contributed by atoms with Crippen molar-refractivity contribution in [1.82, 2.24) is 0 Å². The van der Waals surface area contributed by atoms with Gasteiger partial charge in [0.15, 0.2) is 5.76 Å². The number of benzene rings is 1. The first-order valence-electron chi connectivity index (χ1n) is 5.76. The Bertz CT molecular complexity index is 643. The second-order valence-electron chi connectivity index (χ2n) is 4.22. The minimum absolute atomic E-state index is 0.00872. The molecular weight excluding hydrogens is 262 g/mol. The fourth-order valence-electron chi connectivity index (χ4n) is 1.87. The van der Waals surface area contributed by atoms with Crippen LogP contribution in [0.4, 0.5) is 0 Å². The topological polar surface area (TPSA) is 113 Å². The number of allylic oxidation sites excluding steroid dienone is 3. The van der Waals surface area contributed by atoms with Crippen LogP contribution >= 0.6 is 0 Å². The zero-order chi connectivity index (χ0) is 14.7. The summed E-state index contributed by atoms with van der Waals surface area (Å²) in [6.07, 6.45) is 4.93. The molecule has 1 aliphatic carbocycles. The van der Waals surface area contributed by atoms with Crippen LogP contribution < -0.4 is 5.90 Å². The van der Waals surface area contributed by atoms with Gasteiger partial charge in [-0.25, -0.2) is 4.79 Å². The van der Waals surface area contributed by atoms with Gasteiger partial charge >= 0.3 is 5.97 Å². The Labute approximate surface area is 114 Å². The number of phenolic OH excluding ortho intramolecular Hbond substituents is 2. The Kier molecular flexibility index (Phi) is 3.76. The number of aromatic hydroxyl groups is 2. The number of carboxylic acid groups (broad SMARTS) is 1. The summed E-state index contributed by atoms with van der Waals surface area (Å²) < 4.78 is 0. The molecule has 5 N–H and O–H groups in total. The van der Waals surface area contributed by atoms with Gasteiger partial charge in [0.2, 0.25) is 0 Å². The summed E-state index contributed by atoms with van der Waals surface area (Å²) in [7, 11) is 0. The molecule has 0 aromatic heterocycles. The Morgan fingerprint density at radius 3 is 2.75 bits per heavy atom. The van der Waals surface area contributed by atoms with Gasteiger partial charge in [0.25, 0.3) is 0 Å². The second-order valence-corrected chi connectivity index (χ2v) is 4.22. The molecule has 0 radical (unpaired) electrons. The van der Waals surface area contributed by atoms with Gasteiger partial charge in [0.1, 0.15) is 17.1 Å². The number of rotatable bonds is 3. The zero-order valence-electron chi connectivity index (χ0n) is 10.4. The quantitative estimate of drug-likeness (QED) is 0.493. The maximum atomic E-state index is 11.1. The molecule has 6 nitrogen and oxygen atoms in total. The summed E-state index contributed by atoms with van der Waals surface area (Å²) >= 11 is 0. The van der Waals surface area contributed by atoms with Gasteiger partial charge in [0.05, 0.1) is 0 Å². The highest BCUT2D eigenvalue weighted by Crippen LogP contribution is 2.28. The molecule has 0 fully saturated rings. The molecule has 0 amide bonds. The Morgan fingerprint density at radius 1 is 1.35 bits per heavy atom. The number of aliphatic carboxylic acids is 1. The third-order valence-corrected chi connectivity index (χ3v) is 2.83. The van der Waals surface area contributed by atoms with Crippen LogP contribution in [0.15, 0.2) is 47.3 Å². The molecule has 0 atom stereocenters. The average molecular weight is 275 g/mol. The van der Waals surface area contributed by atoms with E-state index < -0.39 is 5.97 Å². The molecule has 0 saturated heterocycles. The first kappa shape index (κ1) is 13.7. The van der Waals surface area contributed by atoms with Gasteiger partial charge in [-0.05, 0) is 48.4 Å². The minimum Gasteiger partial charge on any atom is -0.508 e. The number of carbonyl (C=O) groups is 1. The average Bonchev–Trinajstić information content (AvgIpc) is 2.42. The predicted octanol–water partition coefficient (Wildman–Crippen LogP) is 1.67. The SMILES string of the molecule is NOC1=CCC(=Cc2cc(O)ccc2O)C=C1C(=O)O. The number of carboxylic acids is 1. The van der Waals surface area contributed by atoms with E-state index in [1.54, 1.807) is 6.08 Å². The Morgan fingerprint density at radius 2 is 2.10 bits per heavy atom. The number of hydrogen-bond acceptors (Lipinski definition) is 5. The van der Waals surface area contributed by atoms with Gasteiger partial charge < -0.3 is 20.2 Å². The van der Waals surface area contributed by atoms with Crippen molar-refractivity contribution in [1.29, 1.82) is 0 Å². The zero-order valence-corrected chi connectivity index (χ0v) is 10.4. The second kappa shape index (κ2) is 5.50. The standard InChI is InChI=1S/C14H13NO5/c15-20-13-4-1-8(6-11(13)14(18)19)5-9-7-10(16)2-3-12(9)17/h2-7,16-17H,1,15H2,(H,18,19). The first-order chi connectivity index (χ1) is 9.51. The van der Waals surface area contributed by atoms with Crippen molar-refractivity contribution >= 4 is 12.0 Å². The number of phenols is 2. The van der Waals surface area contributed by atoms with Crippen molar-refractivity contribution in [3.05, 3.63) is 52.8 Å². The summed E-state index contributed by atoms with van der Waals surface area (Å²) in [6.45, 7) is 0. The summed E-state index contributed by atoms with van der Waals surface area (Å²) in [4.78, 5) is 15.6. The number of nitrogens with two attached hydrogens (primary N) is 1. The molecule has 20 heavy (non-hydrogen) atoms. The largest absolute Gasteiger partial charge is 0.508 e. The lowest BCUT2D eigenvalue weighted by Gasteiger charge is -2.13. The van der Waals surface area contributed by atoms with Crippen molar-refractivity contribution in [2.75, 3.05) is 0 Å². The Hall–Kier alpha value is -2.73. The van der Waals surface area contributed by atoms with E-state index in [9.17, 15) is 15.0 Å². The van der Waals surface area contributed by atoms with E-state index in [2.05, 4.69) is 4.84 Å². The molecule has 1 aromatic rings. The van der Waals surface area contributed by atoms with Crippen LogP contribution in [-0.4, -0.2) is 21.3 Å². The lowest BCUT2D eigenvalue weighted by atomic mass is 9.98.